The molecule has 2 heterocycles. The molecule has 2 unspecified atom stereocenters. The van der Waals surface area contributed by atoms with Crippen LogP contribution < -0.4 is 4.90 Å². The van der Waals surface area contributed by atoms with Gasteiger partial charge in [0.2, 0.25) is 0 Å². The molecule has 0 N–H and O–H groups in total. The van der Waals surface area contributed by atoms with Crippen molar-refractivity contribution in [3.63, 3.8) is 0 Å². The largest absolute Gasteiger partial charge is 0.469 e. The Morgan fingerprint density at radius 3 is 2.65 bits per heavy atom. The predicted octanol–water partition coefficient (Wildman–Crippen LogP) is 0.508. The average molecular weight is 279 g/mol. The van der Waals surface area contributed by atoms with Crippen molar-refractivity contribution in [2.45, 2.75) is 6.92 Å². The van der Waals surface area contributed by atoms with Gasteiger partial charge in [0.25, 0.3) is 0 Å². The number of ether oxygens (including phenoxy) is 2. The van der Waals surface area contributed by atoms with Gasteiger partial charge in [-0.3, -0.25) is 9.78 Å². The number of carbonyl (C=O) groups excluding carboxylic acids is 2. The first-order chi connectivity index (χ1) is 9.56. The van der Waals surface area contributed by atoms with Crippen molar-refractivity contribution in [1.29, 1.82) is 0 Å². The summed E-state index contributed by atoms with van der Waals surface area (Å²) in [5, 5.41) is 0. The van der Waals surface area contributed by atoms with Gasteiger partial charge in [-0.2, -0.15) is 0 Å². The summed E-state index contributed by atoms with van der Waals surface area (Å²) in [6.07, 6.45) is 2.92. The van der Waals surface area contributed by atoms with Gasteiger partial charge in [0.1, 0.15) is 5.82 Å². The van der Waals surface area contributed by atoms with Crippen molar-refractivity contribution in [3.05, 3.63) is 18.1 Å². The SMILES string of the molecule is COC(=O)c1cncc(N2CC(C)C(C(=O)OC)C2)n1. The van der Waals surface area contributed by atoms with Crippen LogP contribution in [-0.4, -0.2) is 49.2 Å². The first-order valence-electron chi connectivity index (χ1n) is 6.30. The zero-order valence-electron chi connectivity index (χ0n) is 11.7. The molecule has 2 atom stereocenters. The summed E-state index contributed by atoms with van der Waals surface area (Å²) in [6, 6.07) is 0. The van der Waals surface area contributed by atoms with Crippen LogP contribution in [0.25, 0.3) is 0 Å². The van der Waals surface area contributed by atoms with Crippen molar-refractivity contribution in [3.8, 4) is 0 Å². The highest BCUT2D eigenvalue weighted by Gasteiger charge is 2.36. The van der Waals surface area contributed by atoms with Gasteiger partial charge in [0.05, 0.1) is 32.5 Å². The Morgan fingerprint density at radius 2 is 2.00 bits per heavy atom. The smallest absolute Gasteiger partial charge is 0.358 e. The number of aromatic nitrogens is 2. The number of esters is 2. The lowest BCUT2D eigenvalue weighted by atomic mass is 9.99. The highest BCUT2D eigenvalue weighted by molar-refractivity contribution is 5.87. The molecule has 0 amide bonds. The molecule has 1 aromatic heterocycles. The van der Waals surface area contributed by atoms with Crippen LogP contribution in [0.3, 0.4) is 0 Å². The van der Waals surface area contributed by atoms with E-state index >= 15 is 0 Å². The van der Waals surface area contributed by atoms with Gasteiger partial charge in [-0.15, -0.1) is 0 Å². The molecule has 1 aliphatic heterocycles. The highest BCUT2D eigenvalue weighted by atomic mass is 16.5. The fraction of sp³-hybridized carbons (Fsp3) is 0.538. The molecule has 0 bridgehead atoms. The van der Waals surface area contributed by atoms with Crippen molar-refractivity contribution in [1.82, 2.24) is 9.97 Å². The summed E-state index contributed by atoms with van der Waals surface area (Å²) < 4.78 is 9.41. The van der Waals surface area contributed by atoms with E-state index in [-0.39, 0.29) is 23.5 Å². The second kappa shape index (κ2) is 5.85. The van der Waals surface area contributed by atoms with Crippen LogP contribution in [0.4, 0.5) is 5.82 Å². The van der Waals surface area contributed by atoms with Gasteiger partial charge in [0.15, 0.2) is 5.69 Å². The van der Waals surface area contributed by atoms with E-state index in [0.29, 0.717) is 18.9 Å². The third kappa shape index (κ3) is 2.71. The summed E-state index contributed by atoms with van der Waals surface area (Å²) in [6.45, 7) is 3.16. The van der Waals surface area contributed by atoms with Gasteiger partial charge in [0, 0.05) is 13.1 Å². The maximum absolute atomic E-state index is 11.7. The summed E-state index contributed by atoms with van der Waals surface area (Å²) in [7, 11) is 2.68. The van der Waals surface area contributed by atoms with E-state index in [4.69, 9.17) is 4.74 Å². The molecule has 1 fully saturated rings. The topological polar surface area (TPSA) is 81.6 Å². The van der Waals surface area contributed by atoms with Crippen molar-refractivity contribution in [2.24, 2.45) is 11.8 Å². The monoisotopic (exact) mass is 279 g/mol. The Hall–Kier alpha value is -2.18. The van der Waals surface area contributed by atoms with Crippen LogP contribution in [0.15, 0.2) is 12.4 Å². The molecular weight excluding hydrogens is 262 g/mol. The highest BCUT2D eigenvalue weighted by Crippen LogP contribution is 2.27. The average Bonchev–Trinajstić information content (AvgIpc) is 2.87. The van der Waals surface area contributed by atoms with Gasteiger partial charge >= 0.3 is 11.9 Å². The van der Waals surface area contributed by atoms with E-state index in [1.54, 1.807) is 6.20 Å². The number of nitrogens with zero attached hydrogens (tertiary/aromatic N) is 3. The molecule has 2 rings (SSSR count). The standard InChI is InChI=1S/C13H17N3O4/c1-8-6-16(7-9(8)12(17)19-2)11-5-14-4-10(15-11)13(18)20-3/h4-5,8-9H,6-7H2,1-3H3. The van der Waals surface area contributed by atoms with E-state index < -0.39 is 5.97 Å². The molecule has 1 saturated heterocycles. The summed E-state index contributed by atoms with van der Waals surface area (Å²) >= 11 is 0. The Bertz CT molecular complexity index is 520. The van der Waals surface area contributed by atoms with Gasteiger partial charge in [-0.25, -0.2) is 9.78 Å². The van der Waals surface area contributed by atoms with Crippen LogP contribution >= 0.6 is 0 Å². The molecule has 7 nitrogen and oxygen atoms in total. The molecule has 0 aliphatic carbocycles. The van der Waals surface area contributed by atoms with Gasteiger partial charge in [-0.05, 0) is 5.92 Å². The van der Waals surface area contributed by atoms with Crippen molar-refractivity contribution < 1.29 is 19.1 Å². The molecule has 20 heavy (non-hydrogen) atoms. The minimum absolute atomic E-state index is 0.152. The normalized spacial score (nSPS) is 21.6. The van der Waals surface area contributed by atoms with Crippen molar-refractivity contribution in [2.75, 3.05) is 32.2 Å². The van der Waals surface area contributed by atoms with Crippen LogP contribution in [-0.2, 0) is 14.3 Å². The maximum atomic E-state index is 11.7. The molecule has 7 heteroatoms. The van der Waals surface area contributed by atoms with E-state index in [0.717, 1.165) is 0 Å². The third-order valence-corrected chi connectivity index (χ3v) is 3.46. The van der Waals surface area contributed by atoms with Gasteiger partial charge < -0.3 is 14.4 Å². The van der Waals surface area contributed by atoms with E-state index in [2.05, 4.69) is 14.7 Å². The molecule has 0 spiro atoms. The molecule has 1 aliphatic rings. The van der Waals surface area contributed by atoms with E-state index in [1.165, 1.54) is 20.4 Å². The summed E-state index contributed by atoms with van der Waals surface area (Å²) in [5.74, 6) is -0.228. The zero-order chi connectivity index (χ0) is 14.7. The van der Waals surface area contributed by atoms with Crippen LogP contribution in [0.1, 0.15) is 17.4 Å². The Balaban J connectivity index is 2.17. The number of rotatable bonds is 3. The second-order valence-corrected chi connectivity index (χ2v) is 4.77. The molecule has 1 aromatic rings. The lowest BCUT2D eigenvalue weighted by Gasteiger charge is -2.16. The predicted molar refractivity (Wildman–Crippen MR) is 70.3 cm³/mol. The second-order valence-electron chi connectivity index (χ2n) is 4.77. The number of anilines is 1. The van der Waals surface area contributed by atoms with Gasteiger partial charge in [-0.1, -0.05) is 6.92 Å². The molecule has 0 radical (unpaired) electrons. The van der Waals surface area contributed by atoms with Crippen LogP contribution in [0.2, 0.25) is 0 Å². The molecular formula is C13H17N3O4. The van der Waals surface area contributed by atoms with Crippen LogP contribution in [0, 0.1) is 11.8 Å². The summed E-state index contributed by atoms with van der Waals surface area (Å²) in [5.41, 5.74) is 0.152. The third-order valence-electron chi connectivity index (χ3n) is 3.46. The molecule has 0 saturated carbocycles. The lowest BCUT2D eigenvalue weighted by Crippen LogP contribution is -2.25. The van der Waals surface area contributed by atoms with Crippen LogP contribution in [0.5, 0.6) is 0 Å². The Kier molecular flexibility index (Phi) is 4.16. The van der Waals surface area contributed by atoms with E-state index in [9.17, 15) is 9.59 Å². The molecule has 108 valence electrons. The Morgan fingerprint density at radius 1 is 1.25 bits per heavy atom. The lowest BCUT2D eigenvalue weighted by molar-refractivity contribution is -0.145. The fourth-order valence-corrected chi connectivity index (χ4v) is 2.32. The minimum atomic E-state index is -0.531. The van der Waals surface area contributed by atoms with E-state index in [1.807, 2.05) is 11.8 Å². The van der Waals surface area contributed by atoms with Crippen molar-refractivity contribution >= 4 is 17.8 Å². The number of hydrogen-bond acceptors (Lipinski definition) is 7. The number of carbonyl (C=O) groups is 2. The number of hydrogen-bond donors (Lipinski definition) is 0. The summed E-state index contributed by atoms with van der Waals surface area (Å²) in [4.78, 5) is 33.2. The zero-order valence-corrected chi connectivity index (χ0v) is 11.7. The maximum Gasteiger partial charge on any atom is 0.358 e. The Labute approximate surface area is 116 Å². The molecule has 0 aromatic carbocycles. The minimum Gasteiger partial charge on any atom is -0.469 e. The fourth-order valence-electron chi connectivity index (χ4n) is 2.32. The number of methoxy groups -OCH3 is 2. The quantitative estimate of drug-likeness (QED) is 0.745. The first kappa shape index (κ1) is 14.2. The first-order valence-corrected chi connectivity index (χ1v) is 6.30.